The summed E-state index contributed by atoms with van der Waals surface area (Å²) >= 11 is 0. The van der Waals surface area contributed by atoms with Crippen molar-refractivity contribution in [3.63, 3.8) is 0 Å². The van der Waals surface area contributed by atoms with Crippen LogP contribution in [0.4, 0.5) is 0 Å². The molecule has 1 unspecified atom stereocenters. The summed E-state index contributed by atoms with van der Waals surface area (Å²) in [7, 11) is 5.09. The molecule has 0 aliphatic carbocycles. The minimum Gasteiger partial charge on any atom is -0.497 e. The largest absolute Gasteiger partial charge is 0.497 e. The maximum absolute atomic E-state index is 5.58. The van der Waals surface area contributed by atoms with E-state index >= 15 is 0 Å². The maximum Gasteiger partial charge on any atom is 0.123 e. The van der Waals surface area contributed by atoms with Crippen LogP contribution in [0.5, 0.6) is 17.2 Å². The first kappa shape index (κ1) is 20.4. The zero-order valence-electron chi connectivity index (χ0n) is 15.5. The number of rotatable bonds is 6. The highest BCUT2D eigenvalue weighted by Gasteiger charge is 2.26. The minimum atomic E-state index is 0. The lowest BCUT2D eigenvalue weighted by molar-refractivity contribution is 0.151. The third kappa shape index (κ3) is 4.61. The number of piperazine rings is 1. The molecule has 0 radical (unpaired) electrons. The number of para-hydroxylation sites is 1. The van der Waals surface area contributed by atoms with Crippen LogP contribution in [-0.2, 0) is 6.54 Å². The van der Waals surface area contributed by atoms with E-state index in [1.165, 1.54) is 11.1 Å². The highest BCUT2D eigenvalue weighted by molar-refractivity contribution is 5.85. The van der Waals surface area contributed by atoms with Crippen molar-refractivity contribution in [1.82, 2.24) is 10.2 Å². The lowest BCUT2D eigenvalue weighted by Crippen LogP contribution is -2.45. The first-order valence-electron chi connectivity index (χ1n) is 8.54. The van der Waals surface area contributed by atoms with E-state index in [4.69, 9.17) is 14.2 Å². The van der Waals surface area contributed by atoms with Crippen LogP contribution in [0.2, 0.25) is 0 Å². The lowest BCUT2D eigenvalue weighted by atomic mass is 10.0. The smallest absolute Gasteiger partial charge is 0.123 e. The fourth-order valence-electron chi connectivity index (χ4n) is 3.38. The number of methoxy groups -OCH3 is 3. The second kappa shape index (κ2) is 9.67. The summed E-state index contributed by atoms with van der Waals surface area (Å²) in [6.45, 7) is 3.69. The third-order valence-corrected chi connectivity index (χ3v) is 4.65. The number of halogens is 1. The molecule has 1 aliphatic heterocycles. The van der Waals surface area contributed by atoms with Gasteiger partial charge in [-0.25, -0.2) is 0 Å². The van der Waals surface area contributed by atoms with Crippen molar-refractivity contribution in [2.45, 2.75) is 12.6 Å². The molecule has 0 amide bonds. The molecule has 0 saturated carbocycles. The Balaban J connectivity index is 0.00000243. The van der Waals surface area contributed by atoms with Crippen molar-refractivity contribution >= 4 is 12.4 Å². The Kier molecular flexibility index (Phi) is 7.57. The SMILES string of the molecule is COc1cc(CN2CCNCC2c2ccccc2OC)cc(OC)c1.Cl. The monoisotopic (exact) mass is 378 g/mol. The van der Waals surface area contributed by atoms with Crippen LogP contribution in [0, 0.1) is 0 Å². The van der Waals surface area contributed by atoms with Gasteiger partial charge in [-0.2, -0.15) is 0 Å². The van der Waals surface area contributed by atoms with Gasteiger partial charge in [0.25, 0.3) is 0 Å². The zero-order valence-corrected chi connectivity index (χ0v) is 16.3. The molecule has 1 saturated heterocycles. The van der Waals surface area contributed by atoms with Gasteiger partial charge in [-0.3, -0.25) is 4.90 Å². The van der Waals surface area contributed by atoms with E-state index in [-0.39, 0.29) is 18.4 Å². The molecular formula is C20H27ClN2O3. The summed E-state index contributed by atoms with van der Waals surface area (Å²) in [4.78, 5) is 2.47. The molecule has 1 atom stereocenters. The van der Waals surface area contributed by atoms with Crippen molar-refractivity contribution in [2.24, 2.45) is 0 Å². The Morgan fingerprint density at radius 1 is 1.00 bits per heavy atom. The predicted octanol–water partition coefficient (Wildman–Crippen LogP) is 3.28. The molecule has 3 rings (SSSR count). The van der Waals surface area contributed by atoms with Gasteiger partial charge in [0.05, 0.1) is 27.4 Å². The highest BCUT2D eigenvalue weighted by atomic mass is 35.5. The van der Waals surface area contributed by atoms with E-state index in [0.717, 1.165) is 43.4 Å². The summed E-state index contributed by atoms with van der Waals surface area (Å²) in [6, 6.07) is 14.6. The van der Waals surface area contributed by atoms with Crippen LogP contribution in [-0.4, -0.2) is 45.9 Å². The topological polar surface area (TPSA) is 43.0 Å². The van der Waals surface area contributed by atoms with Crippen molar-refractivity contribution in [2.75, 3.05) is 41.0 Å². The first-order chi connectivity index (χ1) is 12.2. The van der Waals surface area contributed by atoms with Crippen LogP contribution in [0.3, 0.4) is 0 Å². The van der Waals surface area contributed by atoms with Gasteiger partial charge in [-0.1, -0.05) is 18.2 Å². The summed E-state index contributed by atoms with van der Waals surface area (Å²) in [5, 5.41) is 3.50. The van der Waals surface area contributed by atoms with Gasteiger partial charge in [-0.15, -0.1) is 12.4 Å². The molecular weight excluding hydrogens is 352 g/mol. The normalized spacial score (nSPS) is 17.3. The molecule has 2 aromatic rings. The van der Waals surface area contributed by atoms with Gasteiger partial charge in [0.1, 0.15) is 17.2 Å². The van der Waals surface area contributed by atoms with Gasteiger partial charge in [0.2, 0.25) is 0 Å². The Labute approximate surface area is 161 Å². The molecule has 0 spiro atoms. The standard InChI is InChI=1S/C20H26N2O3.ClH/c1-23-16-10-15(11-17(12-16)24-2)14-22-9-8-21-13-19(22)18-6-4-5-7-20(18)25-3;/h4-7,10-12,19,21H,8-9,13-14H2,1-3H3;1H. The van der Waals surface area contributed by atoms with Crippen molar-refractivity contribution < 1.29 is 14.2 Å². The van der Waals surface area contributed by atoms with Crippen LogP contribution in [0.1, 0.15) is 17.2 Å². The van der Waals surface area contributed by atoms with Gasteiger partial charge >= 0.3 is 0 Å². The van der Waals surface area contributed by atoms with E-state index in [0.29, 0.717) is 0 Å². The molecule has 26 heavy (non-hydrogen) atoms. The number of benzene rings is 2. The Hall–Kier alpha value is -1.95. The molecule has 1 N–H and O–H groups in total. The summed E-state index contributed by atoms with van der Waals surface area (Å²) in [5.74, 6) is 2.57. The van der Waals surface area contributed by atoms with Gasteiger partial charge in [0.15, 0.2) is 0 Å². The van der Waals surface area contributed by atoms with Gasteiger partial charge in [-0.05, 0) is 23.8 Å². The second-order valence-corrected chi connectivity index (χ2v) is 6.15. The zero-order chi connectivity index (χ0) is 17.6. The average molecular weight is 379 g/mol. The molecule has 1 aliphatic rings. The minimum absolute atomic E-state index is 0. The third-order valence-electron chi connectivity index (χ3n) is 4.65. The van der Waals surface area contributed by atoms with E-state index in [9.17, 15) is 0 Å². The van der Waals surface area contributed by atoms with Crippen molar-refractivity contribution in [1.29, 1.82) is 0 Å². The Morgan fingerprint density at radius 3 is 2.35 bits per heavy atom. The summed E-state index contributed by atoms with van der Waals surface area (Å²) in [6.07, 6.45) is 0. The average Bonchev–Trinajstić information content (AvgIpc) is 2.68. The molecule has 2 aromatic carbocycles. The quantitative estimate of drug-likeness (QED) is 0.835. The molecule has 0 bridgehead atoms. The van der Waals surface area contributed by atoms with Gasteiger partial charge < -0.3 is 19.5 Å². The van der Waals surface area contributed by atoms with E-state index < -0.39 is 0 Å². The van der Waals surface area contributed by atoms with Crippen molar-refractivity contribution in [3.8, 4) is 17.2 Å². The second-order valence-electron chi connectivity index (χ2n) is 6.15. The fraction of sp³-hybridized carbons (Fsp3) is 0.400. The first-order valence-corrected chi connectivity index (χ1v) is 8.54. The van der Waals surface area contributed by atoms with E-state index in [1.807, 2.05) is 18.2 Å². The summed E-state index contributed by atoms with van der Waals surface area (Å²) in [5.41, 5.74) is 2.39. The lowest BCUT2D eigenvalue weighted by Gasteiger charge is -2.37. The predicted molar refractivity (Wildman–Crippen MR) is 106 cm³/mol. The Morgan fingerprint density at radius 2 is 1.69 bits per heavy atom. The maximum atomic E-state index is 5.58. The molecule has 142 valence electrons. The molecule has 1 heterocycles. The Bertz CT molecular complexity index is 689. The highest BCUT2D eigenvalue weighted by Crippen LogP contribution is 2.32. The number of ether oxygens (including phenoxy) is 3. The number of nitrogens with one attached hydrogen (secondary N) is 1. The van der Waals surface area contributed by atoms with Crippen molar-refractivity contribution in [3.05, 3.63) is 53.6 Å². The van der Waals surface area contributed by atoms with E-state index in [1.54, 1.807) is 21.3 Å². The molecule has 1 fully saturated rings. The molecule has 5 nitrogen and oxygen atoms in total. The fourth-order valence-corrected chi connectivity index (χ4v) is 3.38. The van der Waals surface area contributed by atoms with E-state index in [2.05, 4.69) is 34.5 Å². The van der Waals surface area contributed by atoms with Gasteiger partial charge in [0, 0.05) is 37.8 Å². The number of hydrogen-bond acceptors (Lipinski definition) is 5. The van der Waals surface area contributed by atoms with Crippen LogP contribution < -0.4 is 19.5 Å². The number of nitrogens with zero attached hydrogens (tertiary/aromatic N) is 1. The molecule has 0 aromatic heterocycles. The van der Waals surface area contributed by atoms with Crippen LogP contribution in [0.25, 0.3) is 0 Å². The summed E-state index contributed by atoms with van der Waals surface area (Å²) < 4.78 is 16.4. The molecule has 6 heteroatoms. The van der Waals surface area contributed by atoms with Crippen LogP contribution >= 0.6 is 12.4 Å². The number of hydrogen-bond donors (Lipinski definition) is 1. The van der Waals surface area contributed by atoms with Crippen LogP contribution in [0.15, 0.2) is 42.5 Å².